The van der Waals surface area contributed by atoms with Gasteiger partial charge in [-0.05, 0) is 19.3 Å². The van der Waals surface area contributed by atoms with Crippen molar-refractivity contribution in [2.75, 3.05) is 27.9 Å². The van der Waals surface area contributed by atoms with Crippen molar-refractivity contribution < 1.29 is 9.47 Å². The minimum absolute atomic E-state index is 0.257. The third kappa shape index (κ3) is 4.45. The van der Waals surface area contributed by atoms with Crippen molar-refractivity contribution in [2.45, 2.75) is 6.41 Å². The molecule has 3 N–H and O–H groups in total. The fourth-order valence-corrected chi connectivity index (χ4v) is 0.798. The lowest BCUT2D eigenvalue weighted by Crippen LogP contribution is -2.44. The molecule has 72 valence electrons. The average Bonchev–Trinajstić information content (AvgIpc) is 2.03. The molecule has 0 aliphatic heterocycles. The lowest BCUT2D eigenvalue weighted by molar-refractivity contribution is -0.188. The van der Waals surface area contributed by atoms with Gasteiger partial charge in [0.25, 0.3) is 0 Å². The first kappa shape index (κ1) is 11.6. The van der Waals surface area contributed by atoms with Gasteiger partial charge in [0.1, 0.15) is 0 Å². The summed E-state index contributed by atoms with van der Waals surface area (Å²) in [6.45, 7) is 0.488. The number of hydrogen-bond acceptors (Lipinski definition) is 4. The smallest absolute Gasteiger partial charge is 0.219 e. The predicted octanol–water partition coefficient (Wildman–Crippen LogP) is -0.715. The number of methoxy groups -OCH3 is 2. The van der Waals surface area contributed by atoms with E-state index in [9.17, 15) is 0 Å². The van der Waals surface area contributed by atoms with Gasteiger partial charge in [0.2, 0.25) is 6.41 Å². The van der Waals surface area contributed by atoms with Crippen molar-refractivity contribution in [3.05, 3.63) is 0 Å². The fourth-order valence-electron chi connectivity index (χ4n) is 0.733. The van der Waals surface area contributed by atoms with Crippen LogP contribution in [-0.2, 0) is 9.47 Å². The van der Waals surface area contributed by atoms with Crippen molar-refractivity contribution in [1.29, 1.82) is 0 Å². The minimum Gasteiger partial charge on any atom is -0.376 e. The molecule has 0 radical (unpaired) electrons. The molecular formula is C6H15N3O2S. The SMILES string of the molecule is COC(OC)N(C)CNC(N)=S. The lowest BCUT2D eigenvalue weighted by Gasteiger charge is -2.24. The number of nitrogens with one attached hydrogen (secondary N) is 1. The Balaban J connectivity index is 3.68. The van der Waals surface area contributed by atoms with E-state index in [4.69, 9.17) is 15.2 Å². The fraction of sp³-hybridized carbons (Fsp3) is 0.833. The number of ether oxygens (including phenoxy) is 2. The topological polar surface area (TPSA) is 59.8 Å². The van der Waals surface area contributed by atoms with Crippen LogP contribution in [0.2, 0.25) is 0 Å². The third-order valence-electron chi connectivity index (χ3n) is 1.27. The van der Waals surface area contributed by atoms with Gasteiger partial charge in [0.15, 0.2) is 5.11 Å². The van der Waals surface area contributed by atoms with Gasteiger partial charge in [0.05, 0.1) is 6.67 Å². The van der Waals surface area contributed by atoms with Gasteiger partial charge in [0, 0.05) is 14.2 Å². The summed E-state index contributed by atoms with van der Waals surface area (Å²) >= 11 is 4.63. The summed E-state index contributed by atoms with van der Waals surface area (Å²) in [4.78, 5) is 1.78. The van der Waals surface area contributed by atoms with Gasteiger partial charge < -0.3 is 20.5 Å². The molecular weight excluding hydrogens is 178 g/mol. The Morgan fingerprint density at radius 2 is 2.08 bits per heavy atom. The predicted molar refractivity (Wildman–Crippen MR) is 50.4 cm³/mol. The van der Waals surface area contributed by atoms with Crippen molar-refractivity contribution in [3.8, 4) is 0 Å². The van der Waals surface area contributed by atoms with Crippen LogP contribution in [-0.4, -0.2) is 44.4 Å². The Hall–Kier alpha value is -0.430. The monoisotopic (exact) mass is 193 g/mol. The highest BCUT2D eigenvalue weighted by Gasteiger charge is 2.10. The summed E-state index contributed by atoms with van der Waals surface area (Å²) in [5.74, 6) is 0. The first-order valence-electron chi connectivity index (χ1n) is 3.41. The highest BCUT2D eigenvalue weighted by atomic mass is 32.1. The van der Waals surface area contributed by atoms with Crippen LogP contribution in [0, 0.1) is 0 Å². The Morgan fingerprint density at radius 1 is 1.58 bits per heavy atom. The standard InChI is InChI=1S/C6H15N3O2S/c1-9(4-8-5(7)12)6(10-2)11-3/h6H,4H2,1-3H3,(H3,7,8,12). The Bertz CT molecular complexity index is 141. The Labute approximate surface area is 77.8 Å². The summed E-state index contributed by atoms with van der Waals surface area (Å²) in [7, 11) is 4.94. The molecule has 0 amide bonds. The Kier molecular flexibility index (Phi) is 5.91. The highest BCUT2D eigenvalue weighted by molar-refractivity contribution is 7.80. The highest BCUT2D eigenvalue weighted by Crippen LogP contribution is 1.94. The molecule has 0 rings (SSSR count). The van der Waals surface area contributed by atoms with Crippen LogP contribution in [0.25, 0.3) is 0 Å². The second-order valence-corrected chi connectivity index (χ2v) is 2.67. The average molecular weight is 193 g/mol. The molecule has 0 spiro atoms. The summed E-state index contributed by atoms with van der Waals surface area (Å²) in [5, 5.41) is 3.03. The molecule has 0 unspecified atom stereocenters. The van der Waals surface area contributed by atoms with Gasteiger partial charge >= 0.3 is 0 Å². The van der Waals surface area contributed by atoms with Gasteiger partial charge in [-0.2, -0.15) is 0 Å². The van der Waals surface area contributed by atoms with Crippen LogP contribution in [0.3, 0.4) is 0 Å². The van der Waals surface area contributed by atoms with Crippen LogP contribution in [0.15, 0.2) is 0 Å². The molecule has 0 atom stereocenters. The molecule has 0 aromatic heterocycles. The zero-order valence-corrected chi connectivity index (χ0v) is 8.35. The quantitative estimate of drug-likeness (QED) is 0.444. The molecule has 6 heteroatoms. The molecule has 0 saturated carbocycles. The van der Waals surface area contributed by atoms with Crippen LogP contribution in [0.4, 0.5) is 0 Å². The van der Waals surface area contributed by atoms with Crippen molar-refractivity contribution in [1.82, 2.24) is 10.2 Å². The molecule has 0 saturated heterocycles. The number of thiocarbonyl (C=S) groups is 1. The minimum atomic E-state index is -0.383. The number of hydrogen-bond donors (Lipinski definition) is 2. The number of nitrogens with two attached hydrogens (primary N) is 1. The van der Waals surface area contributed by atoms with E-state index in [0.29, 0.717) is 6.67 Å². The molecule has 0 heterocycles. The van der Waals surface area contributed by atoms with Crippen molar-refractivity contribution in [2.24, 2.45) is 5.73 Å². The van der Waals surface area contributed by atoms with Gasteiger partial charge in [-0.25, -0.2) is 4.90 Å². The Morgan fingerprint density at radius 3 is 2.42 bits per heavy atom. The summed E-state index contributed by atoms with van der Waals surface area (Å²) in [6.07, 6.45) is -0.383. The van der Waals surface area contributed by atoms with Crippen LogP contribution >= 0.6 is 12.2 Å². The van der Waals surface area contributed by atoms with E-state index in [1.165, 1.54) is 0 Å². The number of nitrogens with zero attached hydrogens (tertiary/aromatic N) is 1. The zero-order chi connectivity index (χ0) is 9.56. The summed E-state index contributed by atoms with van der Waals surface area (Å²) in [6, 6.07) is 0. The van der Waals surface area contributed by atoms with Crippen molar-refractivity contribution in [3.63, 3.8) is 0 Å². The van der Waals surface area contributed by atoms with Crippen LogP contribution < -0.4 is 11.1 Å². The van der Waals surface area contributed by atoms with Gasteiger partial charge in [-0.1, -0.05) is 0 Å². The van der Waals surface area contributed by atoms with E-state index >= 15 is 0 Å². The maximum absolute atomic E-state index is 5.24. The first-order valence-corrected chi connectivity index (χ1v) is 3.81. The summed E-state index contributed by atoms with van der Waals surface area (Å²) in [5.41, 5.74) is 5.24. The van der Waals surface area contributed by atoms with Gasteiger partial charge in [-0.15, -0.1) is 0 Å². The second kappa shape index (κ2) is 6.13. The number of rotatable bonds is 5. The molecule has 12 heavy (non-hydrogen) atoms. The maximum Gasteiger partial charge on any atom is 0.219 e. The van der Waals surface area contributed by atoms with Crippen molar-refractivity contribution >= 4 is 17.3 Å². The van der Waals surface area contributed by atoms with Gasteiger partial charge in [-0.3, -0.25) is 0 Å². The van der Waals surface area contributed by atoms with Crippen LogP contribution in [0.1, 0.15) is 0 Å². The van der Waals surface area contributed by atoms with E-state index in [2.05, 4.69) is 17.5 Å². The first-order chi connectivity index (χ1) is 5.61. The van der Waals surface area contributed by atoms with E-state index in [-0.39, 0.29) is 11.5 Å². The zero-order valence-electron chi connectivity index (χ0n) is 7.53. The molecule has 0 aliphatic rings. The molecule has 5 nitrogen and oxygen atoms in total. The van der Waals surface area contributed by atoms with Crippen LogP contribution in [0.5, 0.6) is 0 Å². The van der Waals surface area contributed by atoms with E-state index in [1.807, 2.05) is 7.05 Å². The maximum atomic E-state index is 5.24. The van der Waals surface area contributed by atoms with E-state index in [1.54, 1.807) is 19.1 Å². The molecule has 0 aromatic carbocycles. The second-order valence-electron chi connectivity index (χ2n) is 2.23. The third-order valence-corrected chi connectivity index (χ3v) is 1.41. The molecule has 0 aliphatic carbocycles. The molecule has 0 bridgehead atoms. The lowest BCUT2D eigenvalue weighted by atomic mass is 10.7. The van der Waals surface area contributed by atoms with E-state index in [0.717, 1.165) is 0 Å². The van der Waals surface area contributed by atoms with E-state index < -0.39 is 0 Å². The molecule has 0 aromatic rings. The molecule has 0 fully saturated rings. The summed E-state index contributed by atoms with van der Waals surface area (Å²) < 4.78 is 9.95. The normalized spacial score (nSPS) is 10.8. The largest absolute Gasteiger partial charge is 0.376 e.